The first-order valence-electron chi connectivity index (χ1n) is 10.3. The van der Waals surface area contributed by atoms with Crippen molar-refractivity contribution in [2.75, 3.05) is 11.9 Å². The normalized spacial score (nSPS) is 10.4. The van der Waals surface area contributed by atoms with Crippen molar-refractivity contribution in [2.45, 2.75) is 20.0 Å². The molecular weight excluding hydrogens is 404 g/mol. The highest BCUT2D eigenvalue weighted by atomic mass is 16.5. The van der Waals surface area contributed by atoms with Crippen molar-refractivity contribution < 1.29 is 19.5 Å². The van der Waals surface area contributed by atoms with E-state index in [4.69, 9.17) is 9.94 Å². The van der Waals surface area contributed by atoms with E-state index in [-0.39, 0.29) is 5.91 Å². The largest absolute Gasteiger partial charge is 0.377 e. The molecule has 3 aromatic rings. The van der Waals surface area contributed by atoms with Gasteiger partial charge in [0.1, 0.15) is 0 Å². The van der Waals surface area contributed by atoms with Crippen LogP contribution in [0.3, 0.4) is 0 Å². The van der Waals surface area contributed by atoms with Crippen LogP contribution >= 0.6 is 0 Å². The molecule has 2 amide bonds. The second kappa shape index (κ2) is 11.0. The average Bonchev–Trinajstić information content (AvgIpc) is 2.83. The number of anilines is 1. The third-order valence-corrected chi connectivity index (χ3v) is 4.85. The first-order valence-corrected chi connectivity index (χ1v) is 10.3. The average molecular weight is 431 g/mol. The Hall–Kier alpha value is -3.74. The van der Waals surface area contributed by atoms with E-state index in [0.717, 1.165) is 28.7 Å². The van der Waals surface area contributed by atoms with Crippen molar-refractivity contribution in [3.8, 4) is 11.1 Å². The van der Waals surface area contributed by atoms with Crippen molar-refractivity contribution in [1.29, 1.82) is 0 Å². The molecule has 0 bridgehead atoms. The lowest BCUT2D eigenvalue weighted by molar-refractivity contribution is -0.111. The van der Waals surface area contributed by atoms with E-state index in [1.807, 2.05) is 55.5 Å². The molecule has 0 aromatic heterocycles. The summed E-state index contributed by atoms with van der Waals surface area (Å²) in [5.74, 6) is -0.866. The highest BCUT2D eigenvalue weighted by Crippen LogP contribution is 2.27. The van der Waals surface area contributed by atoms with Crippen LogP contribution in [0, 0.1) is 0 Å². The van der Waals surface area contributed by atoms with E-state index in [0.29, 0.717) is 30.0 Å². The number of benzene rings is 3. The maximum Gasteiger partial charge on any atom is 0.274 e. The number of nitrogens with one attached hydrogen (secondary N) is 2. The van der Waals surface area contributed by atoms with Crippen LogP contribution < -0.4 is 10.8 Å². The lowest BCUT2D eigenvalue weighted by Gasteiger charge is -2.13. The van der Waals surface area contributed by atoms with Gasteiger partial charge in [-0.2, -0.15) is 0 Å². The van der Waals surface area contributed by atoms with Crippen molar-refractivity contribution in [2.24, 2.45) is 0 Å². The van der Waals surface area contributed by atoms with Gasteiger partial charge in [-0.3, -0.25) is 14.8 Å². The molecule has 164 valence electrons. The van der Waals surface area contributed by atoms with E-state index in [1.165, 1.54) is 0 Å². The van der Waals surface area contributed by atoms with E-state index >= 15 is 0 Å². The number of rotatable bonds is 9. The van der Waals surface area contributed by atoms with Crippen molar-refractivity contribution >= 4 is 23.1 Å². The molecule has 0 radical (unpaired) electrons. The third-order valence-electron chi connectivity index (χ3n) is 4.85. The lowest BCUT2D eigenvalue weighted by atomic mass is 10.0. The number of hydrogen-bond acceptors (Lipinski definition) is 4. The van der Waals surface area contributed by atoms with Gasteiger partial charge in [-0.25, -0.2) is 5.48 Å². The molecule has 0 atom stereocenters. The fourth-order valence-electron chi connectivity index (χ4n) is 3.20. The van der Waals surface area contributed by atoms with Gasteiger partial charge in [-0.1, -0.05) is 56.0 Å². The molecule has 32 heavy (non-hydrogen) atoms. The predicted molar refractivity (Wildman–Crippen MR) is 125 cm³/mol. The van der Waals surface area contributed by atoms with Crippen LogP contribution in [0.5, 0.6) is 0 Å². The highest BCUT2D eigenvalue weighted by Gasteiger charge is 2.12. The minimum atomic E-state index is -0.578. The summed E-state index contributed by atoms with van der Waals surface area (Å²) >= 11 is 0. The molecule has 0 aliphatic carbocycles. The van der Waals surface area contributed by atoms with Crippen molar-refractivity contribution in [3.05, 3.63) is 96.1 Å². The lowest BCUT2D eigenvalue weighted by Crippen LogP contribution is -2.18. The zero-order valence-corrected chi connectivity index (χ0v) is 17.9. The molecule has 0 aliphatic rings. The van der Waals surface area contributed by atoms with E-state index in [2.05, 4.69) is 11.9 Å². The van der Waals surface area contributed by atoms with Crippen molar-refractivity contribution in [3.63, 3.8) is 0 Å². The molecule has 3 N–H and O–H groups in total. The molecule has 3 aromatic carbocycles. The van der Waals surface area contributed by atoms with Gasteiger partial charge in [-0.15, -0.1) is 0 Å². The Balaban J connectivity index is 1.88. The molecule has 3 rings (SSSR count). The Bertz CT molecular complexity index is 1090. The Kier molecular flexibility index (Phi) is 7.91. The molecule has 0 fully saturated rings. The predicted octanol–water partition coefficient (Wildman–Crippen LogP) is 5.05. The zero-order chi connectivity index (χ0) is 22.9. The molecule has 6 heteroatoms. The quantitative estimate of drug-likeness (QED) is 0.192. The van der Waals surface area contributed by atoms with E-state index in [1.54, 1.807) is 29.7 Å². The van der Waals surface area contributed by atoms with Gasteiger partial charge in [0.15, 0.2) is 0 Å². The van der Waals surface area contributed by atoms with Crippen LogP contribution in [0.15, 0.2) is 79.4 Å². The number of carbonyl (C=O) groups is 2. The summed E-state index contributed by atoms with van der Waals surface area (Å²) in [5, 5.41) is 11.7. The molecular formula is C26H26N2O4. The minimum Gasteiger partial charge on any atom is -0.377 e. The van der Waals surface area contributed by atoms with Crippen LogP contribution in [-0.4, -0.2) is 23.6 Å². The smallest absolute Gasteiger partial charge is 0.274 e. The third kappa shape index (κ3) is 5.91. The minimum absolute atomic E-state index is 0.288. The van der Waals surface area contributed by atoms with Crippen molar-refractivity contribution in [1.82, 2.24) is 5.48 Å². The van der Waals surface area contributed by atoms with E-state index in [9.17, 15) is 9.59 Å². The Morgan fingerprint density at radius 3 is 2.31 bits per heavy atom. The van der Waals surface area contributed by atoms with Gasteiger partial charge in [0.05, 0.1) is 6.61 Å². The second-order valence-corrected chi connectivity index (χ2v) is 7.29. The van der Waals surface area contributed by atoms with E-state index < -0.39 is 5.91 Å². The van der Waals surface area contributed by atoms with Gasteiger partial charge < -0.3 is 10.1 Å². The SMILES string of the molecule is C=C(C(=O)Nc1cc(COCCC)cc(-c2ccc(C(=O)NO)cc2)c1)c1ccccc1. The first-order chi connectivity index (χ1) is 15.5. The van der Waals surface area contributed by atoms with Crippen LogP contribution in [0.25, 0.3) is 16.7 Å². The maximum absolute atomic E-state index is 12.8. The Morgan fingerprint density at radius 1 is 0.938 bits per heavy atom. The fraction of sp³-hybridized carbons (Fsp3) is 0.154. The van der Waals surface area contributed by atoms with Gasteiger partial charge >= 0.3 is 0 Å². The number of hydrogen-bond donors (Lipinski definition) is 3. The van der Waals surface area contributed by atoms with Crippen LogP contribution in [0.4, 0.5) is 5.69 Å². The second-order valence-electron chi connectivity index (χ2n) is 7.29. The van der Waals surface area contributed by atoms with Crippen LogP contribution in [0.1, 0.15) is 34.8 Å². The summed E-state index contributed by atoms with van der Waals surface area (Å²) in [6, 6.07) is 21.8. The van der Waals surface area contributed by atoms with Crippen LogP contribution in [0.2, 0.25) is 0 Å². The highest BCUT2D eigenvalue weighted by molar-refractivity contribution is 6.24. The zero-order valence-electron chi connectivity index (χ0n) is 17.9. The molecule has 0 saturated carbocycles. The summed E-state index contributed by atoms with van der Waals surface area (Å²) < 4.78 is 5.69. The molecule has 0 saturated heterocycles. The molecule has 0 aliphatic heterocycles. The molecule has 0 spiro atoms. The summed E-state index contributed by atoms with van der Waals surface area (Å²) in [6.07, 6.45) is 0.911. The Morgan fingerprint density at radius 2 is 1.66 bits per heavy atom. The number of carbonyl (C=O) groups excluding carboxylic acids is 2. The summed E-state index contributed by atoms with van der Waals surface area (Å²) in [5.41, 5.74) is 6.34. The van der Waals surface area contributed by atoms with Gasteiger partial charge in [0.25, 0.3) is 11.8 Å². The molecule has 6 nitrogen and oxygen atoms in total. The summed E-state index contributed by atoms with van der Waals surface area (Å²) in [6.45, 7) is 7.02. The molecule has 0 heterocycles. The Labute approximate surface area is 187 Å². The van der Waals surface area contributed by atoms with Gasteiger partial charge in [0.2, 0.25) is 0 Å². The molecule has 0 unspecified atom stereocenters. The van der Waals surface area contributed by atoms with Gasteiger partial charge in [0, 0.05) is 23.4 Å². The summed E-state index contributed by atoms with van der Waals surface area (Å²) in [4.78, 5) is 24.4. The number of ether oxygens (including phenoxy) is 1. The first kappa shape index (κ1) is 22.9. The standard InChI is InChI=1S/C26H26N2O4/c1-3-13-32-17-19-14-23(21-9-11-22(12-10-21)26(30)28-31)16-24(15-19)27-25(29)18(2)20-7-5-4-6-8-20/h4-12,14-16,31H,2-3,13,17H2,1H3,(H,27,29)(H,28,30). The summed E-state index contributed by atoms with van der Waals surface area (Å²) in [7, 11) is 0. The fourth-order valence-corrected chi connectivity index (χ4v) is 3.20. The number of hydroxylamine groups is 1. The number of amides is 2. The van der Waals surface area contributed by atoms with Crippen LogP contribution in [-0.2, 0) is 16.1 Å². The van der Waals surface area contributed by atoms with Gasteiger partial charge in [-0.05, 0) is 59.0 Å². The maximum atomic E-state index is 12.8. The topological polar surface area (TPSA) is 87.7 Å². The monoisotopic (exact) mass is 430 g/mol.